The van der Waals surface area contributed by atoms with E-state index in [4.69, 9.17) is 9.47 Å². The molecule has 3 heterocycles. The molecule has 0 saturated carbocycles. The summed E-state index contributed by atoms with van der Waals surface area (Å²) in [4.78, 5) is 26.7. The molecule has 7 heteroatoms. The van der Waals surface area contributed by atoms with Crippen LogP contribution in [0.4, 0.5) is 0 Å². The number of hydrogen-bond acceptors (Lipinski definition) is 5. The van der Waals surface area contributed by atoms with E-state index >= 15 is 0 Å². The fourth-order valence-electron chi connectivity index (χ4n) is 4.26. The second kappa shape index (κ2) is 8.62. The van der Waals surface area contributed by atoms with Gasteiger partial charge in [0, 0.05) is 56.6 Å². The molecule has 4 rings (SSSR count). The number of carbonyl (C=O) groups is 2. The van der Waals surface area contributed by atoms with Crippen molar-refractivity contribution in [2.45, 2.75) is 38.9 Å². The Morgan fingerprint density at radius 2 is 2.03 bits per heavy atom. The van der Waals surface area contributed by atoms with Crippen molar-refractivity contribution in [3.63, 3.8) is 0 Å². The zero-order chi connectivity index (χ0) is 21.3. The lowest BCUT2D eigenvalue weighted by molar-refractivity contribution is -0.168. The third kappa shape index (κ3) is 3.87. The maximum atomic E-state index is 12.8. The molecule has 30 heavy (non-hydrogen) atoms. The summed E-state index contributed by atoms with van der Waals surface area (Å²) in [5.41, 5.74) is 1.81. The largest absolute Gasteiger partial charge is 0.459 e. The van der Waals surface area contributed by atoms with Crippen molar-refractivity contribution in [2.75, 3.05) is 26.3 Å². The maximum absolute atomic E-state index is 12.8. The minimum absolute atomic E-state index is 0.0675. The van der Waals surface area contributed by atoms with Crippen molar-refractivity contribution in [2.24, 2.45) is 5.92 Å². The number of benzene rings is 1. The molecular formula is C23H28N2O5. The van der Waals surface area contributed by atoms with Crippen LogP contribution in [0.15, 0.2) is 42.3 Å². The second-order valence-corrected chi connectivity index (χ2v) is 7.81. The molecule has 3 atom stereocenters. The highest BCUT2D eigenvalue weighted by molar-refractivity contribution is 5.95. The molecule has 0 bridgehead atoms. The van der Waals surface area contributed by atoms with Gasteiger partial charge < -0.3 is 19.5 Å². The molecule has 2 aliphatic rings. The van der Waals surface area contributed by atoms with Crippen LogP contribution in [-0.4, -0.2) is 59.0 Å². The van der Waals surface area contributed by atoms with Gasteiger partial charge in [-0.1, -0.05) is 18.2 Å². The summed E-state index contributed by atoms with van der Waals surface area (Å²) in [6.07, 6.45) is 4.43. The molecular weight excluding hydrogens is 384 g/mol. The van der Waals surface area contributed by atoms with Crippen LogP contribution in [0.2, 0.25) is 0 Å². The van der Waals surface area contributed by atoms with Crippen molar-refractivity contribution in [1.29, 1.82) is 0 Å². The Morgan fingerprint density at radius 1 is 1.27 bits per heavy atom. The molecule has 1 fully saturated rings. The van der Waals surface area contributed by atoms with E-state index in [1.165, 1.54) is 6.92 Å². The molecule has 2 aromatic rings. The van der Waals surface area contributed by atoms with E-state index in [0.29, 0.717) is 25.2 Å². The first-order valence-corrected chi connectivity index (χ1v) is 10.6. The fraction of sp³-hybridized carbons (Fsp3) is 0.478. The Labute approximate surface area is 175 Å². The number of nitrogens with zero attached hydrogens (tertiary/aromatic N) is 2. The number of aromatic nitrogens is 1. The number of fused-ring (bicyclic) bond motifs is 1. The van der Waals surface area contributed by atoms with Gasteiger partial charge in [-0.15, -0.1) is 0 Å². The molecule has 0 radical (unpaired) electrons. The number of aliphatic hydroxyl groups is 1. The zero-order valence-corrected chi connectivity index (χ0v) is 17.4. The standard InChI is InChI=1S/C23H28N2O5/c1-3-29-23-17(8-6-12-26)18(13-21(30-23)22(28)24-10-11-24)19-14-25(15(2)27)20-9-5-4-7-16(19)20/h4-5,7,9,13-14,17-18,23,26H,3,6,8,10-12H2,1-2H3/t17-,18-,23+/m1/s1. The summed E-state index contributed by atoms with van der Waals surface area (Å²) in [5, 5.41) is 10.4. The van der Waals surface area contributed by atoms with Crippen LogP contribution in [0.1, 0.15) is 43.0 Å². The zero-order valence-electron chi connectivity index (χ0n) is 17.4. The lowest BCUT2D eigenvalue weighted by Gasteiger charge is -2.36. The van der Waals surface area contributed by atoms with Gasteiger partial charge in [-0.25, -0.2) is 0 Å². The van der Waals surface area contributed by atoms with Crippen LogP contribution in [0.5, 0.6) is 0 Å². The van der Waals surface area contributed by atoms with Crippen molar-refractivity contribution in [1.82, 2.24) is 9.47 Å². The van der Waals surface area contributed by atoms with Crippen LogP contribution >= 0.6 is 0 Å². The third-order valence-electron chi connectivity index (χ3n) is 5.80. The number of allylic oxidation sites excluding steroid dienone is 1. The molecule has 0 aliphatic carbocycles. The number of rotatable bonds is 7. The van der Waals surface area contributed by atoms with Gasteiger partial charge in [0.05, 0.1) is 5.52 Å². The van der Waals surface area contributed by atoms with E-state index in [0.717, 1.165) is 29.6 Å². The number of carbonyl (C=O) groups excluding carboxylic acids is 2. The molecule has 7 nitrogen and oxygen atoms in total. The molecule has 1 saturated heterocycles. The van der Waals surface area contributed by atoms with Gasteiger partial charge in [-0.3, -0.25) is 14.2 Å². The number of aliphatic hydroxyl groups excluding tert-OH is 1. The molecule has 0 spiro atoms. The summed E-state index contributed by atoms with van der Waals surface area (Å²) in [5.74, 6) is -0.154. The minimum Gasteiger partial charge on any atom is -0.459 e. The van der Waals surface area contributed by atoms with Gasteiger partial charge in [0.2, 0.25) is 12.2 Å². The predicted molar refractivity (Wildman–Crippen MR) is 112 cm³/mol. The summed E-state index contributed by atoms with van der Waals surface area (Å²) in [6, 6.07) is 7.78. The first-order valence-electron chi connectivity index (χ1n) is 10.6. The smallest absolute Gasteiger partial charge is 0.288 e. The molecule has 2 aliphatic heterocycles. The van der Waals surface area contributed by atoms with E-state index in [9.17, 15) is 14.7 Å². The van der Waals surface area contributed by atoms with Gasteiger partial charge in [0.1, 0.15) is 0 Å². The first kappa shape index (κ1) is 20.6. The number of amides is 1. The van der Waals surface area contributed by atoms with Gasteiger partial charge in [0.15, 0.2) is 5.76 Å². The topological polar surface area (TPSA) is 80.8 Å². The van der Waals surface area contributed by atoms with Crippen molar-refractivity contribution in [3.05, 3.63) is 47.9 Å². The van der Waals surface area contributed by atoms with Gasteiger partial charge >= 0.3 is 0 Å². The minimum atomic E-state index is -0.588. The average Bonchev–Trinajstić information content (AvgIpc) is 3.52. The van der Waals surface area contributed by atoms with Gasteiger partial charge in [0.25, 0.3) is 5.91 Å². The quantitative estimate of drug-likeness (QED) is 0.708. The van der Waals surface area contributed by atoms with E-state index in [-0.39, 0.29) is 30.3 Å². The Kier molecular flexibility index (Phi) is 5.92. The Balaban J connectivity index is 1.83. The van der Waals surface area contributed by atoms with Crippen LogP contribution in [0, 0.1) is 5.92 Å². The van der Waals surface area contributed by atoms with Gasteiger partial charge in [-0.05, 0) is 37.5 Å². The second-order valence-electron chi connectivity index (χ2n) is 7.81. The predicted octanol–water partition coefficient (Wildman–Crippen LogP) is 2.89. The first-order chi connectivity index (χ1) is 14.5. The maximum Gasteiger partial charge on any atom is 0.288 e. The SMILES string of the molecule is CCO[C@H]1OC(C(=O)N2CC2)=C[C@@H](c2cn(C(C)=O)c3ccccc23)[C@H]1CCCO. The summed E-state index contributed by atoms with van der Waals surface area (Å²) < 4.78 is 13.6. The van der Waals surface area contributed by atoms with Crippen LogP contribution in [0.25, 0.3) is 10.9 Å². The van der Waals surface area contributed by atoms with Crippen LogP contribution in [-0.2, 0) is 14.3 Å². The summed E-state index contributed by atoms with van der Waals surface area (Å²) in [7, 11) is 0. The Bertz CT molecular complexity index is 975. The normalized spacial score (nSPS) is 23.2. The number of hydrogen-bond donors (Lipinski definition) is 1. The molecule has 1 aromatic carbocycles. The Morgan fingerprint density at radius 3 is 2.70 bits per heavy atom. The molecule has 1 N–H and O–H groups in total. The van der Waals surface area contributed by atoms with E-state index in [2.05, 4.69) is 0 Å². The highest BCUT2D eigenvalue weighted by atomic mass is 16.7. The Hall–Kier alpha value is -2.64. The number of para-hydroxylation sites is 1. The monoisotopic (exact) mass is 412 g/mol. The summed E-state index contributed by atoms with van der Waals surface area (Å²) in [6.45, 7) is 5.43. The van der Waals surface area contributed by atoms with E-state index < -0.39 is 6.29 Å². The highest BCUT2D eigenvalue weighted by Crippen LogP contribution is 2.42. The summed E-state index contributed by atoms with van der Waals surface area (Å²) >= 11 is 0. The average molecular weight is 412 g/mol. The lowest BCUT2D eigenvalue weighted by atomic mass is 9.80. The number of ether oxygens (including phenoxy) is 2. The van der Waals surface area contributed by atoms with Crippen molar-refractivity contribution < 1.29 is 24.2 Å². The van der Waals surface area contributed by atoms with Crippen molar-refractivity contribution >= 4 is 22.7 Å². The lowest BCUT2D eigenvalue weighted by Crippen LogP contribution is -2.37. The fourth-order valence-corrected chi connectivity index (χ4v) is 4.26. The van der Waals surface area contributed by atoms with Crippen LogP contribution in [0.3, 0.4) is 0 Å². The van der Waals surface area contributed by atoms with E-state index in [1.54, 1.807) is 9.47 Å². The van der Waals surface area contributed by atoms with E-state index in [1.807, 2.05) is 43.5 Å². The van der Waals surface area contributed by atoms with Crippen molar-refractivity contribution in [3.8, 4) is 0 Å². The van der Waals surface area contributed by atoms with Crippen LogP contribution < -0.4 is 0 Å². The molecule has 160 valence electrons. The molecule has 1 amide bonds. The third-order valence-corrected chi connectivity index (χ3v) is 5.80. The van der Waals surface area contributed by atoms with Gasteiger partial charge in [-0.2, -0.15) is 0 Å². The molecule has 1 aromatic heterocycles. The molecule has 0 unspecified atom stereocenters. The highest BCUT2D eigenvalue weighted by Gasteiger charge is 2.41.